The fourth-order valence-electron chi connectivity index (χ4n) is 3.08. The van der Waals surface area contributed by atoms with Gasteiger partial charge < -0.3 is 14.6 Å². The Labute approximate surface area is 190 Å². The number of aliphatic carboxylic acids is 1. The van der Waals surface area contributed by atoms with Gasteiger partial charge in [0.2, 0.25) is 0 Å². The van der Waals surface area contributed by atoms with Crippen LogP contribution in [-0.4, -0.2) is 17.2 Å². The van der Waals surface area contributed by atoms with E-state index in [9.17, 15) is 27.5 Å². The van der Waals surface area contributed by atoms with Crippen LogP contribution in [-0.2, 0) is 11.0 Å². The van der Waals surface area contributed by atoms with Gasteiger partial charge in [0.1, 0.15) is 16.5 Å². The molecule has 0 saturated heterocycles. The molecule has 32 heavy (non-hydrogen) atoms. The Bertz CT molecular complexity index is 1160. The molecule has 0 aromatic heterocycles. The zero-order valence-electron chi connectivity index (χ0n) is 16.5. The minimum Gasteiger partial charge on any atom is -0.479 e. The van der Waals surface area contributed by atoms with Crippen molar-refractivity contribution >= 4 is 39.9 Å². The largest absolute Gasteiger partial charge is 0.479 e. The summed E-state index contributed by atoms with van der Waals surface area (Å²) in [5.74, 6) is -2.92. The van der Waals surface area contributed by atoms with Crippen LogP contribution < -0.4 is 9.47 Å². The van der Waals surface area contributed by atoms with E-state index in [1.165, 1.54) is 6.07 Å². The molecule has 4 nitrogen and oxygen atoms in total. The molecule has 3 rings (SSSR count). The first-order valence-corrected chi connectivity index (χ1v) is 10.1. The molecule has 3 aromatic carbocycles. The van der Waals surface area contributed by atoms with Crippen molar-refractivity contribution in [2.75, 3.05) is 0 Å². The molecule has 10 heteroatoms. The Hall–Kier alpha value is -2.71. The van der Waals surface area contributed by atoms with Gasteiger partial charge in [-0.2, -0.15) is 13.2 Å². The van der Waals surface area contributed by atoms with Crippen molar-refractivity contribution in [1.82, 2.24) is 0 Å². The van der Waals surface area contributed by atoms with E-state index in [1.807, 2.05) is 6.92 Å². The molecule has 1 atom stereocenters. The molecular formula is C22H16Cl2F4O4. The van der Waals surface area contributed by atoms with Gasteiger partial charge in [0.15, 0.2) is 17.7 Å². The van der Waals surface area contributed by atoms with Crippen LogP contribution in [0.1, 0.15) is 25.3 Å². The number of ether oxygens (including phenoxy) is 2. The fraction of sp³-hybridized carbons (Fsp3) is 0.227. The standard InChI is InChI=1S/C22H16Cl2F4O4/c1-2-5-17(21(29)30)31-15-8-3-7-12-11(15)6-4-9-16(12)32-20-14(23)10-13(22(26,27)28)19(25)18(20)24/h3-4,6-10,17H,2,5H2,1H3,(H,29,30). The molecule has 0 spiro atoms. The predicted molar refractivity (Wildman–Crippen MR) is 112 cm³/mol. The first-order chi connectivity index (χ1) is 15.0. The topological polar surface area (TPSA) is 55.8 Å². The summed E-state index contributed by atoms with van der Waals surface area (Å²) < 4.78 is 64.5. The van der Waals surface area contributed by atoms with Gasteiger partial charge >= 0.3 is 12.1 Å². The van der Waals surface area contributed by atoms with Crippen LogP contribution in [0.2, 0.25) is 10.0 Å². The fourth-order valence-corrected chi connectivity index (χ4v) is 3.61. The van der Waals surface area contributed by atoms with Crippen molar-refractivity contribution < 1.29 is 36.9 Å². The highest BCUT2D eigenvalue weighted by molar-refractivity contribution is 6.37. The van der Waals surface area contributed by atoms with E-state index in [1.54, 1.807) is 30.3 Å². The Kier molecular flexibility index (Phi) is 7.05. The molecular weight excluding hydrogens is 475 g/mol. The van der Waals surface area contributed by atoms with Crippen LogP contribution in [0.15, 0.2) is 42.5 Å². The summed E-state index contributed by atoms with van der Waals surface area (Å²) in [5, 5.41) is 8.83. The first-order valence-electron chi connectivity index (χ1n) is 9.38. The van der Waals surface area contributed by atoms with Crippen molar-refractivity contribution in [3.63, 3.8) is 0 Å². The van der Waals surface area contributed by atoms with Crippen molar-refractivity contribution in [3.05, 3.63) is 63.9 Å². The molecule has 0 fully saturated rings. The Balaban J connectivity index is 2.05. The second-order valence-electron chi connectivity index (χ2n) is 6.80. The van der Waals surface area contributed by atoms with Crippen LogP contribution in [0.4, 0.5) is 17.6 Å². The van der Waals surface area contributed by atoms with E-state index in [-0.39, 0.29) is 17.9 Å². The minimum absolute atomic E-state index is 0.110. The molecule has 0 aliphatic rings. The number of benzene rings is 3. The summed E-state index contributed by atoms with van der Waals surface area (Å²) in [6, 6.07) is 9.88. The van der Waals surface area contributed by atoms with Gasteiger partial charge in [-0.3, -0.25) is 0 Å². The average molecular weight is 491 g/mol. The van der Waals surface area contributed by atoms with Gasteiger partial charge in [0.05, 0.1) is 10.6 Å². The molecule has 1 N–H and O–H groups in total. The summed E-state index contributed by atoms with van der Waals surface area (Å²) in [6.07, 6.45) is -5.17. The third kappa shape index (κ3) is 4.86. The maximum Gasteiger partial charge on any atom is 0.419 e. The number of hydrogen-bond acceptors (Lipinski definition) is 3. The summed E-state index contributed by atoms with van der Waals surface area (Å²) >= 11 is 11.7. The molecule has 0 bridgehead atoms. The predicted octanol–water partition coefficient (Wildman–Crippen LogP) is 7.73. The van der Waals surface area contributed by atoms with Crippen molar-refractivity contribution in [2.24, 2.45) is 0 Å². The summed E-state index contributed by atoms with van der Waals surface area (Å²) in [6.45, 7) is 1.82. The second-order valence-corrected chi connectivity index (χ2v) is 7.59. The van der Waals surface area contributed by atoms with Crippen LogP contribution in [0, 0.1) is 5.82 Å². The summed E-state index contributed by atoms with van der Waals surface area (Å²) in [4.78, 5) is 11.4. The number of carbonyl (C=O) groups is 1. The molecule has 0 aliphatic heterocycles. The molecule has 0 amide bonds. The zero-order valence-corrected chi connectivity index (χ0v) is 18.0. The van der Waals surface area contributed by atoms with Gasteiger partial charge in [0, 0.05) is 10.8 Å². The lowest BCUT2D eigenvalue weighted by Crippen LogP contribution is -2.26. The van der Waals surface area contributed by atoms with Gasteiger partial charge in [-0.1, -0.05) is 60.8 Å². The van der Waals surface area contributed by atoms with E-state index in [0.717, 1.165) is 0 Å². The van der Waals surface area contributed by atoms with Crippen molar-refractivity contribution in [2.45, 2.75) is 32.0 Å². The lowest BCUT2D eigenvalue weighted by molar-refractivity contribution is -0.145. The molecule has 3 aromatic rings. The number of carboxylic acids is 1. The lowest BCUT2D eigenvalue weighted by Gasteiger charge is -2.18. The smallest absolute Gasteiger partial charge is 0.419 e. The number of rotatable bonds is 7. The summed E-state index contributed by atoms with van der Waals surface area (Å²) in [5.41, 5.74) is -1.61. The van der Waals surface area contributed by atoms with Crippen LogP contribution in [0.25, 0.3) is 10.8 Å². The lowest BCUT2D eigenvalue weighted by atomic mass is 10.1. The number of fused-ring (bicyclic) bond motifs is 1. The van der Waals surface area contributed by atoms with Crippen LogP contribution in [0.5, 0.6) is 17.2 Å². The monoisotopic (exact) mass is 490 g/mol. The summed E-state index contributed by atoms with van der Waals surface area (Å²) in [7, 11) is 0. The van der Waals surface area contributed by atoms with Gasteiger partial charge in [-0.15, -0.1) is 0 Å². The SMILES string of the molecule is CCCC(Oc1cccc2c(Oc3c(Cl)cc(C(F)(F)F)c(F)c3Cl)cccc12)C(=O)O. The Morgan fingerprint density at radius 1 is 1.09 bits per heavy atom. The van der Waals surface area contributed by atoms with E-state index in [2.05, 4.69) is 0 Å². The second kappa shape index (κ2) is 9.42. The highest BCUT2D eigenvalue weighted by atomic mass is 35.5. The van der Waals surface area contributed by atoms with E-state index < -0.39 is 45.4 Å². The van der Waals surface area contributed by atoms with E-state index >= 15 is 0 Å². The van der Waals surface area contributed by atoms with Crippen molar-refractivity contribution in [1.29, 1.82) is 0 Å². The first kappa shape index (κ1) is 23.9. The van der Waals surface area contributed by atoms with Gasteiger partial charge in [-0.25, -0.2) is 9.18 Å². The maximum absolute atomic E-state index is 14.2. The maximum atomic E-state index is 14.2. The quantitative estimate of drug-likeness (QED) is 0.272. The number of halogens is 6. The molecule has 0 aliphatic carbocycles. The highest BCUT2D eigenvalue weighted by Gasteiger charge is 2.37. The van der Waals surface area contributed by atoms with E-state index in [4.69, 9.17) is 32.7 Å². The molecule has 0 heterocycles. The van der Waals surface area contributed by atoms with E-state index in [0.29, 0.717) is 23.3 Å². The molecule has 0 radical (unpaired) electrons. The molecule has 170 valence electrons. The van der Waals surface area contributed by atoms with Gasteiger partial charge in [0.25, 0.3) is 0 Å². The Morgan fingerprint density at radius 2 is 1.69 bits per heavy atom. The molecule has 0 saturated carbocycles. The number of hydrogen-bond donors (Lipinski definition) is 1. The minimum atomic E-state index is -4.99. The third-order valence-corrected chi connectivity index (χ3v) is 5.19. The molecule has 1 unspecified atom stereocenters. The van der Waals surface area contributed by atoms with Crippen LogP contribution >= 0.6 is 23.2 Å². The number of alkyl halides is 3. The zero-order chi connectivity index (χ0) is 23.6. The van der Waals surface area contributed by atoms with Crippen molar-refractivity contribution in [3.8, 4) is 17.2 Å². The average Bonchev–Trinajstić information content (AvgIpc) is 2.72. The van der Waals surface area contributed by atoms with Gasteiger partial charge in [-0.05, 0) is 24.6 Å². The van der Waals surface area contributed by atoms with Crippen LogP contribution in [0.3, 0.4) is 0 Å². The normalized spacial score (nSPS) is 12.6. The number of carboxylic acid groups (broad SMARTS) is 1. The third-order valence-electron chi connectivity index (χ3n) is 4.57. The highest BCUT2D eigenvalue weighted by Crippen LogP contribution is 2.45. The Morgan fingerprint density at radius 3 is 2.25 bits per heavy atom.